The molecule has 0 atom stereocenters. The number of hydrogen-bond acceptors (Lipinski definition) is 6. The van der Waals surface area contributed by atoms with Gasteiger partial charge >= 0.3 is 0 Å². The highest BCUT2D eigenvalue weighted by molar-refractivity contribution is 7.89. The SMILES string of the molecule is O=C(CCn1nnc2cc(S(=O)(=O)N3CCCC3)ccc21)NCc1cccnc1. The van der Waals surface area contributed by atoms with Crippen LogP contribution in [-0.4, -0.2) is 51.7 Å². The normalized spacial score (nSPS) is 15.0. The Hall–Kier alpha value is -2.85. The van der Waals surface area contributed by atoms with Gasteiger partial charge in [0, 0.05) is 38.4 Å². The lowest BCUT2D eigenvalue weighted by Crippen LogP contribution is -2.27. The van der Waals surface area contributed by atoms with Gasteiger partial charge < -0.3 is 5.32 Å². The number of sulfonamides is 1. The molecule has 29 heavy (non-hydrogen) atoms. The lowest BCUT2D eigenvalue weighted by Gasteiger charge is -2.15. The number of aromatic nitrogens is 4. The second-order valence-corrected chi connectivity index (χ2v) is 8.90. The standard InChI is InChI=1S/C19H22N6O3S/c26-19(21-14-15-4-3-8-20-13-15)7-11-25-18-6-5-16(12-17(18)22-23-25)29(27,28)24-9-1-2-10-24/h3-6,8,12-13H,1-2,7,9-11,14H2,(H,21,26). The van der Waals surface area contributed by atoms with Crippen molar-refractivity contribution in [2.24, 2.45) is 0 Å². The van der Waals surface area contributed by atoms with Crippen LogP contribution in [0.2, 0.25) is 0 Å². The van der Waals surface area contributed by atoms with Crippen molar-refractivity contribution in [3.63, 3.8) is 0 Å². The molecule has 1 aliphatic rings. The van der Waals surface area contributed by atoms with Crippen LogP contribution in [0, 0.1) is 0 Å². The van der Waals surface area contributed by atoms with Crippen LogP contribution < -0.4 is 5.32 Å². The molecule has 2 aromatic heterocycles. The van der Waals surface area contributed by atoms with Crippen LogP contribution in [0.15, 0.2) is 47.6 Å². The Balaban J connectivity index is 1.40. The average molecular weight is 414 g/mol. The molecule has 1 aromatic carbocycles. The van der Waals surface area contributed by atoms with Crippen LogP contribution in [0.5, 0.6) is 0 Å². The van der Waals surface area contributed by atoms with Gasteiger partial charge in [-0.3, -0.25) is 9.78 Å². The zero-order valence-electron chi connectivity index (χ0n) is 15.9. The first kappa shape index (κ1) is 19.5. The minimum absolute atomic E-state index is 0.106. The molecule has 4 rings (SSSR count). The lowest BCUT2D eigenvalue weighted by atomic mass is 10.3. The Morgan fingerprint density at radius 3 is 2.76 bits per heavy atom. The quantitative estimate of drug-likeness (QED) is 0.624. The number of rotatable bonds is 7. The molecule has 152 valence electrons. The molecule has 3 aromatic rings. The number of benzene rings is 1. The highest BCUT2D eigenvalue weighted by atomic mass is 32.2. The third-order valence-corrected chi connectivity index (χ3v) is 6.85. The predicted octanol–water partition coefficient (Wildman–Crippen LogP) is 1.32. The number of nitrogens with one attached hydrogen (secondary N) is 1. The van der Waals surface area contributed by atoms with E-state index in [0.29, 0.717) is 37.2 Å². The third kappa shape index (κ3) is 4.28. The molecule has 0 saturated carbocycles. The molecule has 1 fully saturated rings. The van der Waals surface area contributed by atoms with Gasteiger partial charge in [-0.2, -0.15) is 4.31 Å². The minimum Gasteiger partial charge on any atom is -0.352 e. The van der Waals surface area contributed by atoms with Gasteiger partial charge in [-0.1, -0.05) is 11.3 Å². The van der Waals surface area contributed by atoms with Crippen LogP contribution in [0.25, 0.3) is 11.0 Å². The summed E-state index contributed by atoms with van der Waals surface area (Å²) in [5.41, 5.74) is 2.13. The molecule has 0 unspecified atom stereocenters. The van der Waals surface area contributed by atoms with E-state index in [-0.39, 0.29) is 17.2 Å². The number of nitrogens with zero attached hydrogens (tertiary/aromatic N) is 5. The monoisotopic (exact) mass is 414 g/mol. The van der Waals surface area contributed by atoms with Crippen molar-refractivity contribution < 1.29 is 13.2 Å². The number of carbonyl (C=O) groups is 1. The fourth-order valence-corrected chi connectivity index (χ4v) is 4.89. The maximum Gasteiger partial charge on any atom is 0.243 e. The van der Waals surface area contributed by atoms with Crippen molar-refractivity contribution in [2.75, 3.05) is 13.1 Å². The summed E-state index contributed by atoms with van der Waals surface area (Å²) in [5, 5.41) is 11.0. The Morgan fingerprint density at radius 1 is 1.17 bits per heavy atom. The fourth-order valence-electron chi connectivity index (χ4n) is 3.35. The molecule has 0 bridgehead atoms. The fraction of sp³-hybridized carbons (Fsp3) is 0.368. The molecule has 3 heterocycles. The third-order valence-electron chi connectivity index (χ3n) is 4.95. The van der Waals surface area contributed by atoms with Crippen molar-refractivity contribution in [3.05, 3.63) is 48.3 Å². The number of carbonyl (C=O) groups excluding carboxylic acids is 1. The van der Waals surface area contributed by atoms with E-state index in [4.69, 9.17) is 0 Å². The summed E-state index contributed by atoms with van der Waals surface area (Å²) in [6.45, 7) is 1.89. The van der Waals surface area contributed by atoms with Crippen LogP contribution in [0.4, 0.5) is 0 Å². The topological polar surface area (TPSA) is 110 Å². The van der Waals surface area contributed by atoms with Gasteiger partial charge in [0.1, 0.15) is 5.52 Å². The maximum atomic E-state index is 12.7. The number of pyridine rings is 1. The molecule has 0 aliphatic carbocycles. The Morgan fingerprint density at radius 2 is 2.00 bits per heavy atom. The minimum atomic E-state index is -3.49. The second-order valence-electron chi connectivity index (χ2n) is 6.96. The smallest absolute Gasteiger partial charge is 0.243 e. The first-order chi connectivity index (χ1) is 14.0. The summed E-state index contributed by atoms with van der Waals surface area (Å²) >= 11 is 0. The van der Waals surface area contributed by atoms with Crippen molar-refractivity contribution in [1.29, 1.82) is 0 Å². The molecular weight excluding hydrogens is 392 g/mol. The van der Waals surface area contributed by atoms with Gasteiger partial charge in [0.05, 0.1) is 17.0 Å². The average Bonchev–Trinajstić information content (AvgIpc) is 3.41. The van der Waals surface area contributed by atoms with E-state index in [0.717, 1.165) is 18.4 Å². The van der Waals surface area contributed by atoms with Crippen LogP contribution in [0.3, 0.4) is 0 Å². The van der Waals surface area contributed by atoms with Gasteiger partial charge in [0.15, 0.2) is 0 Å². The molecule has 1 saturated heterocycles. The van der Waals surface area contributed by atoms with Crippen LogP contribution >= 0.6 is 0 Å². The first-order valence-corrected chi connectivity index (χ1v) is 11.0. The zero-order valence-corrected chi connectivity index (χ0v) is 16.7. The zero-order chi connectivity index (χ0) is 20.3. The Bertz CT molecular complexity index is 1110. The number of fused-ring (bicyclic) bond motifs is 1. The van der Waals surface area contributed by atoms with E-state index in [1.807, 2.05) is 12.1 Å². The Labute approximate surface area is 168 Å². The summed E-state index contributed by atoms with van der Waals surface area (Å²) < 4.78 is 28.5. The van der Waals surface area contributed by atoms with E-state index in [2.05, 4.69) is 20.6 Å². The van der Waals surface area contributed by atoms with Crippen molar-refractivity contribution in [1.82, 2.24) is 29.6 Å². The molecule has 10 heteroatoms. The highest BCUT2D eigenvalue weighted by Gasteiger charge is 2.27. The molecule has 0 spiro atoms. The predicted molar refractivity (Wildman–Crippen MR) is 106 cm³/mol. The van der Waals surface area contributed by atoms with Crippen molar-refractivity contribution in [3.8, 4) is 0 Å². The van der Waals surface area contributed by atoms with E-state index >= 15 is 0 Å². The van der Waals surface area contributed by atoms with Gasteiger partial charge in [-0.25, -0.2) is 13.1 Å². The first-order valence-electron chi connectivity index (χ1n) is 9.53. The van der Waals surface area contributed by atoms with E-state index in [1.165, 1.54) is 4.31 Å². The number of amides is 1. The van der Waals surface area contributed by atoms with Crippen LogP contribution in [-0.2, 0) is 27.9 Å². The number of aryl methyl sites for hydroxylation is 1. The van der Waals surface area contributed by atoms with E-state index in [1.54, 1.807) is 35.3 Å². The molecule has 1 aliphatic heterocycles. The summed E-state index contributed by atoms with van der Waals surface area (Å²) in [4.78, 5) is 16.3. The Kier molecular flexibility index (Phi) is 5.54. The summed E-state index contributed by atoms with van der Waals surface area (Å²) in [7, 11) is -3.49. The second kappa shape index (κ2) is 8.26. The number of hydrogen-bond donors (Lipinski definition) is 1. The molecular formula is C19H22N6O3S. The molecule has 9 nitrogen and oxygen atoms in total. The van der Waals surface area contributed by atoms with E-state index < -0.39 is 10.0 Å². The molecule has 1 N–H and O–H groups in total. The van der Waals surface area contributed by atoms with E-state index in [9.17, 15) is 13.2 Å². The largest absolute Gasteiger partial charge is 0.352 e. The van der Waals surface area contributed by atoms with Gasteiger partial charge in [0.25, 0.3) is 0 Å². The summed E-state index contributed by atoms with van der Waals surface area (Å²) in [6, 6.07) is 8.55. The van der Waals surface area contributed by atoms with Crippen LogP contribution in [0.1, 0.15) is 24.8 Å². The summed E-state index contributed by atoms with van der Waals surface area (Å²) in [5.74, 6) is -0.106. The van der Waals surface area contributed by atoms with Gasteiger partial charge in [-0.05, 0) is 42.7 Å². The highest BCUT2D eigenvalue weighted by Crippen LogP contribution is 2.23. The lowest BCUT2D eigenvalue weighted by molar-refractivity contribution is -0.121. The molecule has 0 radical (unpaired) electrons. The van der Waals surface area contributed by atoms with Gasteiger partial charge in [0.2, 0.25) is 15.9 Å². The summed E-state index contributed by atoms with van der Waals surface area (Å²) in [6.07, 6.45) is 5.41. The van der Waals surface area contributed by atoms with Crippen molar-refractivity contribution in [2.45, 2.75) is 37.2 Å². The maximum absolute atomic E-state index is 12.7. The van der Waals surface area contributed by atoms with Crippen molar-refractivity contribution >= 4 is 27.0 Å². The van der Waals surface area contributed by atoms with Gasteiger partial charge in [-0.15, -0.1) is 5.10 Å². The molecule has 1 amide bonds.